The number of hydrogen-bond donors (Lipinski definition) is 1. The number of hydrogen-bond acceptors (Lipinski definition) is 7. The molecule has 0 aliphatic carbocycles. The van der Waals surface area contributed by atoms with Crippen LogP contribution in [0.4, 0.5) is 0 Å². The van der Waals surface area contributed by atoms with Crippen molar-refractivity contribution in [2.75, 3.05) is 0 Å². The summed E-state index contributed by atoms with van der Waals surface area (Å²) in [6.45, 7) is 7.50. The molecular weight excluding hydrogens is 456 g/mol. The van der Waals surface area contributed by atoms with Crippen molar-refractivity contribution >= 4 is 0 Å². The van der Waals surface area contributed by atoms with Gasteiger partial charge in [0.05, 0.1) is 12.2 Å². The normalized spacial score (nSPS) is 11.4. The first kappa shape index (κ1) is 23.3. The molecule has 0 radical (unpaired) electrons. The number of aromatic nitrogens is 10. The van der Waals surface area contributed by atoms with Gasteiger partial charge >= 0.3 is 5.69 Å². The quantitative estimate of drug-likeness (QED) is 0.341. The zero-order valence-electron chi connectivity index (χ0n) is 20.5. The van der Waals surface area contributed by atoms with Gasteiger partial charge in [-0.1, -0.05) is 57.5 Å². The Morgan fingerprint density at radius 1 is 1.06 bits per heavy atom. The van der Waals surface area contributed by atoms with Gasteiger partial charge in [0.25, 0.3) is 0 Å². The Kier molecular flexibility index (Phi) is 6.52. The highest BCUT2D eigenvalue weighted by atomic mass is 16.2. The van der Waals surface area contributed by atoms with Crippen molar-refractivity contribution in [2.45, 2.75) is 46.7 Å². The molecular formula is C25H28N10O. The van der Waals surface area contributed by atoms with Gasteiger partial charge in [-0.15, -0.1) is 20.4 Å². The lowest BCUT2D eigenvalue weighted by Gasteiger charge is -2.09. The maximum atomic E-state index is 13.5. The van der Waals surface area contributed by atoms with Crippen molar-refractivity contribution < 1.29 is 0 Å². The third-order valence-corrected chi connectivity index (χ3v) is 5.90. The summed E-state index contributed by atoms with van der Waals surface area (Å²) in [6.07, 6.45) is 7.07. The topological polar surface area (TPSA) is 125 Å². The predicted molar refractivity (Wildman–Crippen MR) is 134 cm³/mol. The van der Waals surface area contributed by atoms with Gasteiger partial charge in [-0.25, -0.2) is 9.36 Å². The molecule has 0 bridgehead atoms. The number of nitrogens with zero attached hydrogens (tertiary/aromatic N) is 9. The summed E-state index contributed by atoms with van der Waals surface area (Å²) in [7, 11) is 0. The lowest BCUT2D eigenvalue weighted by atomic mass is 10.0. The minimum atomic E-state index is -0.136. The molecule has 0 aliphatic rings. The molecule has 4 aromatic heterocycles. The lowest BCUT2D eigenvalue weighted by molar-refractivity contribution is 0.512. The highest BCUT2D eigenvalue weighted by Crippen LogP contribution is 2.28. The molecule has 1 N–H and O–H groups in total. The first-order valence-electron chi connectivity index (χ1n) is 12.0. The van der Waals surface area contributed by atoms with Crippen LogP contribution in [0.2, 0.25) is 0 Å². The average molecular weight is 485 g/mol. The standard InChI is InChI=1S/C25H28N10O/c1-4-7-19-15-35(24-30-27-16-33(24)13-17(2)3)25(36)34(19)14-18-10-11-22(26-12-18)20-8-5-6-9-21(20)23-28-31-32-29-23/h5-6,8-12,15-17H,4,7,13-14H2,1-3H3,(H,28,29,31,32). The monoisotopic (exact) mass is 484 g/mol. The van der Waals surface area contributed by atoms with Crippen molar-refractivity contribution in [1.82, 2.24) is 49.5 Å². The molecule has 0 unspecified atom stereocenters. The summed E-state index contributed by atoms with van der Waals surface area (Å²) in [4.78, 5) is 18.2. The van der Waals surface area contributed by atoms with E-state index in [-0.39, 0.29) is 5.69 Å². The molecule has 11 heteroatoms. The third-order valence-electron chi connectivity index (χ3n) is 5.90. The fourth-order valence-corrected chi connectivity index (χ4v) is 4.29. The van der Waals surface area contributed by atoms with E-state index in [0.29, 0.717) is 24.2 Å². The summed E-state index contributed by atoms with van der Waals surface area (Å²) >= 11 is 0. The number of benzene rings is 1. The number of aromatic amines is 1. The third kappa shape index (κ3) is 4.59. The Hall–Kier alpha value is -4.41. The summed E-state index contributed by atoms with van der Waals surface area (Å²) in [5.74, 6) is 1.46. The highest BCUT2D eigenvalue weighted by molar-refractivity contribution is 5.78. The molecule has 0 saturated carbocycles. The van der Waals surface area contributed by atoms with E-state index in [0.717, 1.165) is 47.5 Å². The molecule has 1 aromatic carbocycles. The second-order valence-electron chi connectivity index (χ2n) is 9.12. The largest absolute Gasteiger partial charge is 0.335 e. The van der Waals surface area contributed by atoms with Gasteiger partial charge in [0.15, 0.2) is 0 Å². The van der Waals surface area contributed by atoms with E-state index in [1.807, 2.05) is 53.4 Å². The van der Waals surface area contributed by atoms with Crippen molar-refractivity contribution in [2.24, 2.45) is 5.92 Å². The van der Waals surface area contributed by atoms with Crippen LogP contribution in [-0.2, 0) is 19.5 Å². The van der Waals surface area contributed by atoms with Crippen molar-refractivity contribution in [3.05, 3.63) is 76.9 Å². The molecule has 0 spiro atoms. The maximum Gasteiger partial charge on any atom is 0.335 e. The van der Waals surface area contributed by atoms with Gasteiger partial charge in [0.2, 0.25) is 11.8 Å². The minimum Gasteiger partial charge on any atom is -0.299 e. The van der Waals surface area contributed by atoms with Crippen LogP contribution >= 0.6 is 0 Å². The highest BCUT2D eigenvalue weighted by Gasteiger charge is 2.18. The van der Waals surface area contributed by atoms with Gasteiger partial charge in [-0.3, -0.25) is 14.1 Å². The number of aryl methyl sites for hydroxylation is 1. The second kappa shape index (κ2) is 10.1. The molecule has 5 rings (SSSR count). The Labute approximate surface area is 207 Å². The zero-order valence-corrected chi connectivity index (χ0v) is 20.5. The van der Waals surface area contributed by atoms with E-state index < -0.39 is 0 Å². The number of pyridine rings is 1. The number of tetrazole rings is 1. The number of nitrogens with one attached hydrogen (secondary N) is 1. The Morgan fingerprint density at radius 3 is 2.58 bits per heavy atom. The summed E-state index contributed by atoms with van der Waals surface area (Å²) in [5, 5.41) is 22.6. The average Bonchev–Trinajstić information content (AvgIpc) is 3.63. The number of H-pyrrole nitrogens is 1. The van der Waals surface area contributed by atoms with Gasteiger partial charge in [0, 0.05) is 35.8 Å². The van der Waals surface area contributed by atoms with Crippen LogP contribution in [0.1, 0.15) is 38.4 Å². The lowest BCUT2D eigenvalue weighted by Crippen LogP contribution is -2.26. The second-order valence-corrected chi connectivity index (χ2v) is 9.12. The Morgan fingerprint density at radius 2 is 1.89 bits per heavy atom. The molecule has 0 atom stereocenters. The molecule has 4 heterocycles. The Bertz CT molecular complexity index is 1490. The molecule has 0 amide bonds. The van der Waals surface area contributed by atoms with Crippen LogP contribution in [0.5, 0.6) is 0 Å². The molecule has 36 heavy (non-hydrogen) atoms. The predicted octanol–water partition coefficient (Wildman–Crippen LogP) is 3.13. The molecule has 5 aromatic rings. The molecule has 0 fully saturated rings. The van der Waals surface area contributed by atoms with Gasteiger partial charge in [-0.2, -0.15) is 5.21 Å². The first-order chi connectivity index (χ1) is 17.5. The van der Waals surface area contributed by atoms with Crippen molar-refractivity contribution in [3.63, 3.8) is 0 Å². The van der Waals surface area contributed by atoms with E-state index in [1.54, 1.807) is 15.5 Å². The van der Waals surface area contributed by atoms with Gasteiger partial charge in [0.1, 0.15) is 6.33 Å². The van der Waals surface area contributed by atoms with E-state index >= 15 is 0 Å². The fourth-order valence-electron chi connectivity index (χ4n) is 4.29. The molecule has 11 nitrogen and oxygen atoms in total. The zero-order chi connectivity index (χ0) is 25.1. The number of rotatable bonds is 9. The first-order valence-corrected chi connectivity index (χ1v) is 12.0. The van der Waals surface area contributed by atoms with Crippen molar-refractivity contribution in [3.8, 4) is 28.6 Å². The van der Waals surface area contributed by atoms with E-state index in [1.165, 1.54) is 0 Å². The van der Waals surface area contributed by atoms with Crippen LogP contribution in [-0.4, -0.2) is 49.5 Å². The molecule has 184 valence electrons. The minimum absolute atomic E-state index is 0.136. The maximum absolute atomic E-state index is 13.5. The van der Waals surface area contributed by atoms with Crippen LogP contribution in [0.3, 0.4) is 0 Å². The van der Waals surface area contributed by atoms with E-state index in [9.17, 15) is 4.79 Å². The van der Waals surface area contributed by atoms with Crippen molar-refractivity contribution in [1.29, 1.82) is 0 Å². The van der Waals surface area contributed by atoms with Gasteiger partial charge < -0.3 is 0 Å². The SMILES string of the molecule is CCCc1cn(-c2nncn2CC(C)C)c(=O)n1Cc1ccc(-c2ccccc2-c2nn[nH]n2)nc1. The smallest absolute Gasteiger partial charge is 0.299 e. The Balaban J connectivity index is 1.46. The van der Waals surface area contributed by atoms with Crippen LogP contribution in [0, 0.1) is 5.92 Å². The fraction of sp³-hybridized carbons (Fsp3) is 0.320. The van der Waals surface area contributed by atoms with Gasteiger partial charge in [-0.05, 0) is 29.2 Å². The molecule has 0 aliphatic heterocycles. The van der Waals surface area contributed by atoms with Crippen LogP contribution in [0.25, 0.3) is 28.6 Å². The van der Waals surface area contributed by atoms with Crippen LogP contribution in [0.15, 0.2) is 59.9 Å². The summed E-state index contributed by atoms with van der Waals surface area (Å²) < 4.78 is 5.31. The van der Waals surface area contributed by atoms with Crippen LogP contribution < -0.4 is 5.69 Å². The summed E-state index contributed by atoms with van der Waals surface area (Å²) in [5.41, 5.74) is 4.29. The number of imidazole rings is 1. The molecule has 0 saturated heterocycles. The van der Waals surface area contributed by atoms with E-state index in [2.05, 4.69) is 56.6 Å². The van der Waals surface area contributed by atoms with E-state index in [4.69, 9.17) is 0 Å². The summed E-state index contributed by atoms with van der Waals surface area (Å²) in [6, 6.07) is 11.7.